The van der Waals surface area contributed by atoms with Gasteiger partial charge in [0.2, 0.25) is 5.91 Å². The SMILES string of the molecule is COC(=O)CSCc1cccc(NC(=O)CC(N)c2ccccc2)c1. The van der Waals surface area contributed by atoms with Crippen molar-refractivity contribution in [2.24, 2.45) is 5.73 Å². The molecular formula is C19H22N2O3S. The first-order chi connectivity index (χ1) is 12.1. The van der Waals surface area contributed by atoms with Gasteiger partial charge in [0.15, 0.2) is 0 Å². The number of nitrogens with one attached hydrogen (secondary N) is 1. The van der Waals surface area contributed by atoms with Crippen molar-refractivity contribution < 1.29 is 14.3 Å². The van der Waals surface area contributed by atoms with Gasteiger partial charge in [0.25, 0.3) is 0 Å². The van der Waals surface area contributed by atoms with Crippen molar-refractivity contribution in [1.29, 1.82) is 0 Å². The molecule has 25 heavy (non-hydrogen) atoms. The van der Waals surface area contributed by atoms with Crippen molar-refractivity contribution in [2.75, 3.05) is 18.2 Å². The summed E-state index contributed by atoms with van der Waals surface area (Å²) in [6.07, 6.45) is 0.214. The van der Waals surface area contributed by atoms with Crippen LogP contribution in [0.15, 0.2) is 54.6 Å². The molecule has 0 saturated heterocycles. The van der Waals surface area contributed by atoms with Crippen LogP contribution in [0.25, 0.3) is 0 Å². The molecule has 0 fully saturated rings. The van der Waals surface area contributed by atoms with Crippen LogP contribution in [-0.4, -0.2) is 24.7 Å². The van der Waals surface area contributed by atoms with E-state index in [0.717, 1.165) is 16.8 Å². The Bertz CT molecular complexity index is 707. The van der Waals surface area contributed by atoms with E-state index in [1.54, 1.807) is 0 Å². The highest BCUT2D eigenvalue weighted by molar-refractivity contribution is 7.99. The monoisotopic (exact) mass is 358 g/mol. The van der Waals surface area contributed by atoms with E-state index in [9.17, 15) is 9.59 Å². The second-order valence-electron chi connectivity index (χ2n) is 5.54. The number of hydrogen-bond donors (Lipinski definition) is 2. The summed E-state index contributed by atoms with van der Waals surface area (Å²) in [5.74, 6) is 0.599. The predicted molar refractivity (Wildman–Crippen MR) is 101 cm³/mol. The lowest BCUT2D eigenvalue weighted by Gasteiger charge is -2.12. The van der Waals surface area contributed by atoms with E-state index in [1.165, 1.54) is 18.9 Å². The third-order valence-electron chi connectivity index (χ3n) is 3.56. The molecule has 0 aromatic heterocycles. The topological polar surface area (TPSA) is 81.4 Å². The molecule has 2 aromatic carbocycles. The molecule has 1 atom stereocenters. The highest BCUT2D eigenvalue weighted by Gasteiger charge is 2.11. The summed E-state index contributed by atoms with van der Waals surface area (Å²) >= 11 is 1.47. The van der Waals surface area contributed by atoms with Crippen LogP contribution in [0.2, 0.25) is 0 Å². The number of anilines is 1. The molecule has 0 aliphatic heterocycles. The molecule has 0 radical (unpaired) electrons. The number of benzene rings is 2. The van der Waals surface area contributed by atoms with Crippen molar-refractivity contribution in [3.05, 3.63) is 65.7 Å². The largest absolute Gasteiger partial charge is 0.468 e. The lowest BCUT2D eigenvalue weighted by atomic mass is 10.0. The van der Waals surface area contributed by atoms with Crippen molar-refractivity contribution in [3.8, 4) is 0 Å². The number of rotatable bonds is 8. The number of esters is 1. The van der Waals surface area contributed by atoms with Crippen LogP contribution >= 0.6 is 11.8 Å². The van der Waals surface area contributed by atoms with Gasteiger partial charge in [-0.2, -0.15) is 0 Å². The fraction of sp³-hybridized carbons (Fsp3) is 0.263. The van der Waals surface area contributed by atoms with E-state index in [0.29, 0.717) is 11.5 Å². The number of nitrogens with two attached hydrogens (primary N) is 1. The number of amides is 1. The molecule has 132 valence electrons. The zero-order valence-electron chi connectivity index (χ0n) is 14.1. The van der Waals surface area contributed by atoms with Gasteiger partial charge in [-0.3, -0.25) is 9.59 Å². The van der Waals surface area contributed by atoms with E-state index >= 15 is 0 Å². The lowest BCUT2D eigenvalue weighted by molar-refractivity contribution is -0.137. The van der Waals surface area contributed by atoms with Crippen LogP contribution < -0.4 is 11.1 Å². The average molecular weight is 358 g/mol. The Labute approximate surface area is 151 Å². The van der Waals surface area contributed by atoms with Crippen LogP contribution in [0.4, 0.5) is 5.69 Å². The number of thioether (sulfide) groups is 1. The third-order valence-corrected chi connectivity index (χ3v) is 4.54. The number of methoxy groups -OCH3 is 1. The van der Waals surface area contributed by atoms with Crippen LogP contribution in [0.1, 0.15) is 23.6 Å². The van der Waals surface area contributed by atoms with E-state index < -0.39 is 0 Å². The molecule has 2 rings (SSSR count). The Morgan fingerprint density at radius 3 is 2.64 bits per heavy atom. The van der Waals surface area contributed by atoms with Gasteiger partial charge in [0, 0.05) is 23.9 Å². The highest BCUT2D eigenvalue weighted by Crippen LogP contribution is 2.18. The summed E-state index contributed by atoms with van der Waals surface area (Å²) in [5, 5.41) is 2.87. The molecule has 0 saturated carbocycles. The van der Waals surface area contributed by atoms with Crippen LogP contribution in [0.3, 0.4) is 0 Å². The Morgan fingerprint density at radius 1 is 1.16 bits per heavy atom. The van der Waals surface area contributed by atoms with Crippen LogP contribution in [0, 0.1) is 0 Å². The molecule has 1 unspecified atom stereocenters. The maximum Gasteiger partial charge on any atom is 0.315 e. The second-order valence-corrected chi connectivity index (χ2v) is 6.52. The minimum Gasteiger partial charge on any atom is -0.468 e. The zero-order chi connectivity index (χ0) is 18.1. The number of ether oxygens (including phenoxy) is 1. The zero-order valence-corrected chi connectivity index (χ0v) is 14.9. The van der Waals surface area contributed by atoms with Crippen LogP contribution in [0.5, 0.6) is 0 Å². The summed E-state index contributed by atoms with van der Waals surface area (Å²) in [5.41, 5.74) is 8.76. The molecule has 0 heterocycles. The van der Waals surface area contributed by atoms with E-state index in [4.69, 9.17) is 5.73 Å². The van der Waals surface area contributed by atoms with Gasteiger partial charge in [0.1, 0.15) is 0 Å². The second kappa shape index (κ2) is 9.86. The van der Waals surface area contributed by atoms with Gasteiger partial charge in [-0.15, -0.1) is 11.8 Å². The highest BCUT2D eigenvalue weighted by atomic mass is 32.2. The molecule has 6 heteroatoms. The molecule has 3 N–H and O–H groups in total. The van der Waals surface area contributed by atoms with Gasteiger partial charge in [-0.1, -0.05) is 42.5 Å². The van der Waals surface area contributed by atoms with Gasteiger partial charge >= 0.3 is 5.97 Å². The molecule has 5 nitrogen and oxygen atoms in total. The summed E-state index contributed by atoms with van der Waals surface area (Å²) in [4.78, 5) is 23.3. The van der Waals surface area contributed by atoms with Crippen molar-refractivity contribution in [1.82, 2.24) is 0 Å². The summed E-state index contributed by atoms with van der Waals surface area (Å²) < 4.78 is 4.61. The number of hydrogen-bond acceptors (Lipinski definition) is 5. The molecule has 0 bridgehead atoms. The fourth-order valence-electron chi connectivity index (χ4n) is 2.28. The normalized spacial score (nSPS) is 11.6. The molecule has 0 aliphatic carbocycles. The molecular weight excluding hydrogens is 336 g/mol. The van der Waals surface area contributed by atoms with Crippen LogP contribution in [-0.2, 0) is 20.1 Å². The summed E-state index contributed by atoms with van der Waals surface area (Å²) in [6.45, 7) is 0. The molecule has 1 amide bonds. The minimum absolute atomic E-state index is 0.129. The Kier molecular flexibility index (Phi) is 7.50. The Morgan fingerprint density at radius 2 is 1.92 bits per heavy atom. The minimum atomic E-state index is -0.333. The first kappa shape index (κ1) is 19.0. The van der Waals surface area contributed by atoms with Crippen molar-refractivity contribution >= 4 is 29.3 Å². The van der Waals surface area contributed by atoms with Crippen molar-refractivity contribution in [3.63, 3.8) is 0 Å². The Hall–Kier alpha value is -2.31. The van der Waals surface area contributed by atoms with Crippen molar-refractivity contribution in [2.45, 2.75) is 18.2 Å². The number of carbonyl (C=O) groups excluding carboxylic acids is 2. The van der Waals surface area contributed by atoms with E-state index in [1.807, 2.05) is 54.6 Å². The average Bonchev–Trinajstić information content (AvgIpc) is 2.62. The molecule has 2 aromatic rings. The van der Waals surface area contributed by atoms with Gasteiger partial charge in [-0.25, -0.2) is 0 Å². The maximum atomic E-state index is 12.2. The maximum absolute atomic E-state index is 12.2. The smallest absolute Gasteiger partial charge is 0.315 e. The Balaban J connectivity index is 1.86. The fourth-order valence-corrected chi connectivity index (χ4v) is 3.08. The first-order valence-corrected chi connectivity index (χ1v) is 9.08. The van der Waals surface area contributed by atoms with E-state index in [2.05, 4.69) is 10.1 Å². The van der Waals surface area contributed by atoms with Gasteiger partial charge in [0.05, 0.1) is 12.9 Å². The van der Waals surface area contributed by atoms with E-state index in [-0.39, 0.29) is 24.3 Å². The standard InChI is InChI=1S/C19H22N2O3S/c1-24-19(23)13-25-12-14-6-5-9-16(10-14)21-18(22)11-17(20)15-7-3-2-4-8-15/h2-10,17H,11-13,20H2,1H3,(H,21,22). The predicted octanol–water partition coefficient (Wildman–Crippen LogP) is 3.12. The molecule has 0 aliphatic rings. The van der Waals surface area contributed by atoms with Gasteiger partial charge < -0.3 is 15.8 Å². The number of carbonyl (C=O) groups is 2. The third kappa shape index (κ3) is 6.60. The summed E-state index contributed by atoms with van der Waals surface area (Å²) in [7, 11) is 1.37. The first-order valence-electron chi connectivity index (χ1n) is 7.92. The molecule has 0 spiro atoms. The quantitative estimate of drug-likeness (QED) is 0.709. The van der Waals surface area contributed by atoms with Gasteiger partial charge in [-0.05, 0) is 23.3 Å². The summed E-state index contributed by atoms with van der Waals surface area (Å²) in [6, 6.07) is 16.8. The lowest BCUT2D eigenvalue weighted by Crippen LogP contribution is -2.20.